The topological polar surface area (TPSA) is 88.2 Å². The van der Waals surface area contributed by atoms with Crippen LogP contribution in [0, 0.1) is 0 Å². The first-order valence-corrected chi connectivity index (χ1v) is 7.43. The minimum atomic E-state index is -0.827. The minimum absolute atomic E-state index is 0.0361. The SMILES string of the molecule is [2H]c1c([2H])c(N2C[C@H](CNC(C)=O)OC2=O)c([2H])c([2H])c1N1CCOCC1=O. The van der Waals surface area contributed by atoms with E-state index in [4.69, 9.17) is 15.0 Å². The Labute approximate surface area is 144 Å². The lowest BCUT2D eigenvalue weighted by Gasteiger charge is -2.27. The highest BCUT2D eigenvalue weighted by Crippen LogP contribution is 2.25. The zero-order valence-electron chi connectivity index (χ0n) is 17.0. The summed E-state index contributed by atoms with van der Waals surface area (Å²) in [7, 11) is 0. The molecular weight excluding hydrogens is 314 g/mol. The Morgan fingerprint density at radius 2 is 1.96 bits per heavy atom. The predicted molar refractivity (Wildman–Crippen MR) is 85.9 cm³/mol. The van der Waals surface area contributed by atoms with Crippen LogP contribution in [0.25, 0.3) is 0 Å². The third-order valence-electron chi connectivity index (χ3n) is 3.58. The highest BCUT2D eigenvalue weighted by Gasteiger charge is 2.32. The van der Waals surface area contributed by atoms with Crippen molar-refractivity contribution >= 4 is 29.3 Å². The second-order valence-corrected chi connectivity index (χ2v) is 5.35. The van der Waals surface area contributed by atoms with Crippen LogP contribution in [0.5, 0.6) is 0 Å². The number of cyclic esters (lactones) is 1. The summed E-state index contributed by atoms with van der Waals surface area (Å²) in [6, 6.07) is -1.76. The van der Waals surface area contributed by atoms with E-state index in [0.29, 0.717) is 0 Å². The molecule has 24 heavy (non-hydrogen) atoms. The summed E-state index contributed by atoms with van der Waals surface area (Å²) in [6.07, 6.45) is -1.51. The molecule has 3 amide bonds. The van der Waals surface area contributed by atoms with Gasteiger partial charge in [-0.15, -0.1) is 0 Å². The molecule has 0 radical (unpaired) electrons. The molecule has 8 heteroatoms. The van der Waals surface area contributed by atoms with E-state index in [1.165, 1.54) is 6.92 Å². The van der Waals surface area contributed by atoms with Crippen LogP contribution in [-0.2, 0) is 19.1 Å². The number of carbonyl (C=O) groups is 3. The van der Waals surface area contributed by atoms with Crippen molar-refractivity contribution in [2.24, 2.45) is 0 Å². The monoisotopic (exact) mass is 337 g/mol. The van der Waals surface area contributed by atoms with Crippen LogP contribution in [0.15, 0.2) is 24.2 Å². The van der Waals surface area contributed by atoms with Crippen molar-refractivity contribution in [3.8, 4) is 0 Å². The first-order chi connectivity index (χ1) is 13.2. The molecule has 0 spiro atoms. The van der Waals surface area contributed by atoms with Crippen LogP contribution in [0.1, 0.15) is 12.4 Å². The van der Waals surface area contributed by atoms with Gasteiger partial charge in [-0.25, -0.2) is 4.79 Å². The van der Waals surface area contributed by atoms with E-state index in [-0.39, 0.29) is 50.1 Å². The van der Waals surface area contributed by atoms with Crippen molar-refractivity contribution in [1.29, 1.82) is 0 Å². The normalized spacial score (nSPS) is 23.3. The highest BCUT2D eigenvalue weighted by molar-refractivity contribution is 5.95. The van der Waals surface area contributed by atoms with Crippen molar-refractivity contribution in [3.05, 3.63) is 24.2 Å². The second-order valence-electron chi connectivity index (χ2n) is 5.35. The van der Waals surface area contributed by atoms with Crippen molar-refractivity contribution in [2.45, 2.75) is 13.0 Å². The lowest BCUT2D eigenvalue weighted by Crippen LogP contribution is -2.41. The average Bonchev–Trinajstić information content (AvgIpc) is 3.01. The van der Waals surface area contributed by atoms with Crippen molar-refractivity contribution in [3.63, 3.8) is 0 Å². The first kappa shape index (κ1) is 11.9. The van der Waals surface area contributed by atoms with Gasteiger partial charge < -0.3 is 19.7 Å². The smallest absolute Gasteiger partial charge is 0.414 e. The number of rotatable bonds is 4. The maximum Gasteiger partial charge on any atom is 0.414 e. The Morgan fingerprint density at radius 1 is 1.29 bits per heavy atom. The van der Waals surface area contributed by atoms with Crippen molar-refractivity contribution in [1.82, 2.24) is 5.32 Å². The summed E-state index contributed by atoms with van der Waals surface area (Å²) < 4.78 is 43.2. The summed E-state index contributed by atoms with van der Waals surface area (Å²) in [4.78, 5) is 37.5. The summed E-state index contributed by atoms with van der Waals surface area (Å²) in [5, 5.41) is 2.52. The van der Waals surface area contributed by atoms with Gasteiger partial charge in [-0.2, -0.15) is 0 Å². The third kappa shape index (κ3) is 3.48. The van der Waals surface area contributed by atoms with E-state index in [2.05, 4.69) is 5.32 Å². The molecule has 2 heterocycles. The predicted octanol–water partition coefficient (Wildman–Crippen LogP) is 0.511. The van der Waals surface area contributed by atoms with E-state index in [1.54, 1.807) is 0 Å². The molecule has 2 aliphatic rings. The number of ether oxygens (including phenoxy) is 2. The molecule has 8 nitrogen and oxygen atoms in total. The van der Waals surface area contributed by atoms with Gasteiger partial charge in [0.15, 0.2) is 0 Å². The second kappa shape index (κ2) is 6.88. The Hall–Kier alpha value is -2.61. The molecule has 1 aromatic rings. The minimum Gasteiger partial charge on any atom is -0.442 e. The van der Waals surface area contributed by atoms with Crippen molar-refractivity contribution < 1.29 is 29.3 Å². The number of anilines is 2. The molecule has 2 aliphatic heterocycles. The molecule has 1 atom stereocenters. The van der Waals surface area contributed by atoms with Gasteiger partial charge in [0.2, 0.25) is 5.91 Å². The lowest BCUT2D eigenvalue weighted by molar-refractivity contribution is -0.125. The summed E-state index contributed by atoms with van der Waals surface area (Å²) in [6.45, 7) is 1.48. The van der Waals surface area contributed by atoms with Gasteiger partial charge in [-0.05, 0) is 24.2 Å². The third-order valence-corrected chi connectivity index (χ3v) is 3.58. The van der Waals surface area contributed by atoms with Gasteiger partial charge in [0.1, 0.15) is 12.7 Å². The summed E-state index contributed by atoms with van der Waals surface area (Å²) >= 11 is 0. The van der Waals surface area contributed by atoms with Crippen LogP contribution < -0.4 is 15.1 Å². The largest absolute Gasteiger partial charge is 0.442 e. The first-order valence-electron chi connectivity index (χ1n) is 9.43. The summed E-state index contributed by atoms with van der Waals surface area (Å²) in [5.74, 6) is -0.756. The standard InChI is InChI=1S/C16H19N3O5/c1-11(20)17-8-14-9-19(16(22)24-14)13-4-2-12(3-5-13)18-6-7-23-10-15(18)21/h2-5,14H,6-10H2,1H3,(H,17,20)/t14-/m0/s1/i2D,3D,4D,5D. The van der Waals surface area contributed by atoms with Crippen LogP contribution in [0.4, 0.5) is 16.2 Å². The fraction of sp³-hybridized carbons (Fsp3) is 0.438. The number of morpholine rings is 1. The molecule has 0 aromatic heterocycles. The number of nitrogens with one attached hydrogen (secondary N) is 1. The van der Waals surface area contributed by atoms with Crippen LogP contribution >= 0.6 is 0 Å². The number of hydrogen-bond acceptors (Lipinski definition) is 5. The molecule has 2 fully saturated rings. The maximum absolute atomic E-state index is 12.2. The number of nitrogens with zero attached hydrogens (tertiary/aromatic N) is 2. The molecule has 128 valence electrons. The highest BCUT2D eigenvalue weighted by atomic mass is 16.6. The molecule has 2 saturated heterocycles. The number of hydrogen-bond donors (Lipinski definition) is 1. The van der Waals surface area contributed by atoms with E-state index in [1.807, 2.05) is 0 Å². The number of amides is 3. The molecule has 1 N–H and O–H groups in total. The van der Waals surface area contributed by atoms with Gasteiger partial charge in [-0.3, -0.25) is 14.5 Å². The van der Waals surface area contributed by atoms with E-state index in [0.717, 1.165) is 9.80 Å². The Bertz CT molecular complexity index is 821. The molecule has 0 saturated carbocycles. The van der Waals surface area contributed by atoms with Crippen LogP contribution in [0.2, 0.25) is 0 Å². The molecule has 0 unspecified atom stereocenters. The molecular formula is C16H19N3O5. The zero-order valence-corrected chi connectivity index (χ0v) is 13.0. The fourth-order valence-electron chi connectivity index (χ4n) is 2.39. The fourth-order valence-corrected chi connectivity index (χ4v) is 2.39. The van der Waals surface area contributed by atoms with Gasteiger partial charge in [0.25, 0.3) is 5.91 Å². The van der Waals surface area contributed by atoms with Crippen molar-refractivity contribution in [2.75, 3.05) is 42.6 Å². The molecule has 1 aromatic carbocycles. The Balaban J connectivity index is 1.96. The van der Waals surface area contributed by atoms with Gasteiger partial charge in [0, 0.05) is 24.8 Å². The summed E-state index contributed by atoms with van der Waals surface area (Å²) in [5.41, 5.74) is -0.371. The van der Waals surface area contributed by atoms with Crippen LogP contribution in [0.3, 0.4) is 0 Å². The molecule has 0 bridgehead atoms. The van der Waals surface area contributed by atoms with Gasteiger partial charge in [-0.1, -0.05) is 0 Å². The zero-order chi connectivity index (χ0) is 20.6. The van der Waals surface area contributed by atoms with Crippen LogP contribution in [-0.4, -0.2) is 56.9 Å². The van der Waals surface area contributed by atoms with Gasteiger partial charge >= 0.3 is 6.09 Å². The van der Waals surface area contributed by atoms with Gasteiger partial charge in [0.05, 0.1) is 25.2 Å². The number of carbonyl (C=O) groups excluding carboxylic acids is 3. The van der Waals surface area contributed by atoms with E-state index in [9.17, 15) is 14.4 Å². The molecule has 0 aliphatic carbocycles. The Kier molecular flexibility index (Phi) is 3.40. The quantitative estimate of drug-likeness (QED) is 0.865. The number of benzene rings is 1. The molecule has 3 rings (SSSR count). The maximum atomic E-state index is 12.2. The van der Waals surface area contributed by atoms with E-state index < -0.39 is 42.3 Å². The van der Waals surface area contributed by atoms with E-state index >= 15 is 0 Å². The Morgan fingerprint density at radius 3 is 2.58 bits per heavy atom. The lowest BCUT2D eigenvalue weighted by atomic mass is 10.2. The average molecular weight is 337 g/mol.